The van der Waals surface area contributed by atoms with Gasteiger partial charge < -0.3 is 0 Å². The number of rotatable bonds is 4. The highest BCUT2D eigenvalue weighted by atomic mass is 35.5. The number of hydrogen-bond donors (Lipinski definition) is 0. The molecule has 0 saturated heterocycles. The first-order chi connectivity index (χ1) is 11.3. The molecular weight excluding hydrogens is 302 g/mol. The van der Waals surface area contributed by atoms with Crippen molar-refractivity contribution in [3.8, 4) is 17.2 Å². The number of nitriles is 1. The van der Waals surface area contributed by atoms with E-state index in [4.69, 9.17) is 16.9 Å². The minimum absolute atomic E-state index is 0.694. The predicted molar refractivity (Wildman–Crippen MR) is 95.5 cm³/mol. The summed E-state index contributed by atoms with van der Waals surface area (Å²) in [5.41, 5.74) is 5.37. The smallest absolute Gasteiger partial charge is 0.0991 e. The van der Waals surface area contributed by atoms with Crippen molar-refractivity contribution in [1.82, 2.24) is 0 Å². The van der Waals surface area contributed by atoms with E-state index in [1.807, 2.05) is 48.5 Å². The predicted octanol–water partition coefficient (Wildman–Crippen LogP) is 5.66. The van der Waals surface area contributed by atoms with Crippen molar-refractivity contribution in [2.45, 2.75) is 12.8 Å². The molecule has 3 aromatic rings. The second kappa shape index (κ2) is 7.13. The van der Waals surface area contributed by atoms with Gasteiger partial charge in [-0.15, -0.1) is 0 Å². The Labute approximate surface area is 141 Å². The summed E-state index contributed by atoms with van der Waals surface area (Å²) >= 11 is 6.45. The van der Waals surface area contributed by atoms with E-state index in [9.17, 15) is 0 Å². The van der Waals surface area contributed by atoms with E-state index < -0.39 is 0 Å². The molecule has 0 unspecified atom stereocenters. The summed E-state index contributed by atoms with van der Waals surface area (Å²) in [5.74, 6) is 0. The van der Waals surface area contributed by atoms with E-state index in [-0.39, 0.29) is 0 Å². The van der Waals surface area contributed by atoms with Gasteiger partial charge in [-0.05, 0) is 53.3 Å². The average Bonchev–Trinajstić information content (AvgIpc) is 2.62. The SMILES string of the molecule is N#Cc1ccc(CCc2ccc(-c3ccccc3)cc2Cl)cc1. The molecule has 3 rings (SSSR count). The van der Waals surface area contributed by atoms with Crippen LogP contribution in [0.15, 0.2) is 72.8 Å². The van der Waals surface area contributed by atoms with Crippen molar-refractivity contribution < 1.29 is 0 Å². The molecule has 0 spiro atoms. The van der Waals surface area contributed by atoms with Crippen molar-refractivity contribution in [1.29, 1.82) is 5.26 Å². The molecule has 0 aliphatic carbocycles. The lowest BCUT2D eigenvalue weighted by Crippen LogP contribution is -1.93. The molecule has 0 heterocycles. The maximum Gasteiger partial charge on any atom is 0.0991 e. The zero-order valence-corrected chi connectivity index (χ0v) is 13.4. The van der Waals surface area contributed by atoms with Crippen LogP contribution in [0.2, 0.25) is 5.02 Å². The van der Waals surface area contributed by atoms with Crippen LogP contribution in [0.5, 0.6) is 0 Å². The normalized spacial score (nSPS) is 10.3. The highest BCUT2D eigenvalue weighted by molar-refractivity contribution is 6.31. The summed E-state index contributed by atoms with van der Waals surface area (Å²) in [6, 6.07) is 26.4. The topological polar surface area (TPSA) is 23.8 Å². The summed E-state index contributed by atoms with van der Waals surface area (Å²) in [7, 11) is 0. The Kier molecular flexibility index (Phi) is 4.76. The zero-order chi connectivity index (χ0) is 16.1. The van der Waals surface area contributed by atoms with Crippen molar-refractivity contribution in [2.24, 2.45) is 0 Å². The van der Waals surface area contributed by atoms with Crippen LogP contribution in [0.3, 0.4) is 0 Å². The van der Waals surface area contributed by atoms with Crippen LogP contribution in [0.25, 0.3) is 11.1 Å². The van der Waals surface area contributed by atoms with Gasteiger partial charge in [0.05, 0.1) is 11.6 Å². The molecular formula is C21H16ClN. The molecule has 1 nitrogen and oxygen atoms in total. The van der Waals surface area contributed by atoms with Gasteiger partial charge in [0.25, 0.3) is 0 Å². The van der Waals surface area contributed by atoms with E-state index in [1.165, 1.54) is 11.1 Å². The lowest BCUT2D eigenvalue weighted by Gasteiger charge is -2.08. The fourth-order valence-corrected chi connectivity index (χ4v) is 2.86. The van der Waals surface area contributed by atoms with Gasteiger partial charge in [-0.2, -0.15) is 5.26 Å². The van der Waals surface area contributed by atoms with Crippen LogP contribution in [0, 0.1) is 11.3 Å². The Morgan fingerprint density at radius 2 is 1.52 bits per heavy atom. The highest BCUT2D eigenvalue weighted by Crippen LogP contribution is 2.26. The number of hydrogen-bond acceptors (Lipinski definition) is 1. The first kappa shape index (κ1) is 15.3. The highest BCUT2D eigenvalue weighted by Gasteiger charge is 2.04. The van der Waals surface area contributed by atoms with E-state index in [2.05, 4.69) is 30.3 Å². The van der Waals surface area contributed by atoms with Gasteiger partial charge >= 0.3 is 0 Å². The van der Waals surface area contributed by atoms with E-state index in [1.54, 1.807) is 0 Å². The van der Waals surface area contributed by atoms with Gasteiger partial charge in [0.1, 0.15) is 0 Å². The summed E-state index contributed by atoms with van der Waals surface area (Å²) in [4.78, 5) is 0. The maximum absolute atomic E-state index is 8.83. The van der Waals surface area contributed by atoms with Gasteiger partial charge in [-0.25, -0.2) is 0 Å². The third kappa shape index (κ3) is 3.80. The summed E-state index contributed by atoms with van der Waals surface area (Å²) in [5, 5.41) is 9.63. The average molecular weight is 318 g/mol. The molecule has 23 heavy (non-hydrogen) atoms. The molecule has 0 N–H and O–H groups in total. The lowest BCUT2D eigenvalue weighted by atomic mass is 10.00. The quantitative estimate of drug-likeness (QED) is 0.608. The van der Waals surface area contributed by atoms with Gasteiger partial charge in [-0.1, -0.05) is 66.2 Å². The minimum Gasteiger partial charge on any atom is -0.192 e. The van der Waals surface area contributed by atoms with Crippen molar-refractivity contribution in [2.75, 3.05) is 0 Å². The second-order valence-corrected chi connectivity index (χ2v) is 5.89. The third-order valence-electron chi connectivity index (χ3n) is 3.93. The van der Waals surface area contributed by atoms with Gasteiger partial charge in [0, 0.05) is 5.02 Å². The number of aryl methyl sites for hydroxylation is 2. The van der Waals surface area contributed by atoms with Crippen LogP contribution in [-0.2, 0) is 12.8 Å². The molecule has 0 aliphatic heterocycles. The molecule has 0 aliphatic rings. The Morgan fingerprint density at radius 1 is 0.783 bits per heavy atom. The summed E-state index contributed by atoms with van der Waals surface area (Å²) in [6.45, 7) is 0. The van der Waals surface area contributed by atoms with Crippen LogP contribution >= 0.6 is 11.6 Å². The molecule has 3 aromatic carbocycles. The number of benzene rings is 3. The molecule has 112 valence electrons. The fraction of sp³-hybridized carbons (Fsp3) is 0.0952. The Balaban J connectivity index is 1.72. The molecule has 2 heteroatoms. The van der Waals surface area contributed by atoms with Crippen LogP contribution < -0.4 is 0 Å². The van der Waals surface area contributed by atoms with E-state index in [0.29, 0.717) is 5.56 Å². The molecule has 0 bridgehead atoms. The van der Waals surface area contributed by atoms with Crippen molar-refractivity contribution in [3.63, 3.8) is 0 Å². The molecule has 0 radical (unpaired) electrons. The van der Waals surface area contributed by atoms with Crippen LogP contribution in [0.4, 0.5) is 0 Å². The Hall–Kier alpha value is -2.56. The Morgan fingerprint density at radius 3 is 2.17 bits per heavy atom. The first-order valence-electron chi connectivity index (χ1n) is 7.59. The lowest BCUT2D eigenvalue weighted by molar-refractivity contribution is 0.960. The van der Waals surface area contributed by atoms with Gasteiger partial charge in [-0.3, -0.25) is 0 Å². The fourth-order valence-electron chi connectivity index (χ4n) is 2.59. The van der Waals surface area contributed by atoms with E-state index in [0.717, 1.165) is 29.0 Å². The maximum atomic E-state index is 8.83. The largest absolute Gasteiger partial charge is 0.192 e. The van der Waals surface area contributed by atoms with Crippen LogP contribution in [-0.4, -0.2) is 0 Å². The second-order valence-electron chi connectivity index (χ2n) is 5.48. The number of nitrogens with zero attached hydrogens (tertiary/aromatic N) is 1. The molecule has 0 saturated carbocycles. The van der Waals surface area contributed by atoms with Crippen LogP contribution in [0.1, 0.15) is 16.7 Å². The Bertz CT molecular complexity index is 830. The standard InChI is InChI=1S/C21H16ClN/c22-21-14-20(18-4-2-1-3-5-18)13-12-19(21)11-10-16-6-8-17(15-23)9-7-16/h1-9,12-14H,10-11H2. The summed E-state index contributed by atoms with van der Waals surface area (Å²) < 4.78 is 0. The molecule has 0 amide bonds. The summed E-state index contributed by atoms with van der Waals surface area (Å²) in [6.07, 6.45) is 1.80. The van der Waals surface area contributed by atoms with Gasteiger partial charge in [0.2, 0.25) is 0 Å². The molecule has 0 aromatic heterocycles. The monoisotopic (exact) mass is 317 g/mol. The van der Waals surface area contributed by atoms with Gasteiger partial charge in [0.15, 0.2) is 0 Å². The minimum atomic E-state index is 0.694. The van der Waals surface area contributed by atoms with Crippen molar-refractivity contribution >= 4 is 11.6 Å². The zero-order valence-electron chi connectivity index (χ0n) is 12.7. The first-order valence-corrected chi connectivity index (χ1v) is 7.97. The van der Waals surface area contributed by atoms with Crippen molar-refractivity contribution in [3.05, 3.63) is 94.5 Å². The number of halogens is 1. The van der Waals surface area contributed by atoms with E-state index >= 15 is 0 Å². The molecule has 0 atom stereocenters. The molecule has 0 fully saturated rings. The third-order valence-corrected chi connectivity index (χ3v) is 4.28.